The van der Waals surface area contributed by atoms with Gasteiger partial charge in [-0.25, -0.2) is 4.79 Å². The van der Waals surface area contributed by atoms with Crippen molar-refractivity contribution in [2.45, 2.75) is 109 Å². The molecule has 0 spiro atoms. The molecule has 3 N–H and O–H groups in total. The predicted octanol–water partition coefficient (Wildman–Crippen LogP) is 3.65. The highest BCUT2D eigenvalue weighted by Crippen LogP contribution is 2.23. The lowest BCUT2D eigenvalue weighted by Gasteiger charge is -2.23. The molecule has 8 nitrogen and oxygen atoms in total. The smallest absolute Gasteiger partial charge is 0.331 e. The van der Waals surface area contributed by atoms with Crippen molar-refractivity contribution in [2.24, 2.45) is 7.05 Å². The number of aliphatic hydroxyl groups is 1. The van der Waals surface area contributed by atoms with Gasteiger partial charge in [0, 0.05) is 20.1 Å². The molecule has 1 aromatic rings. The molecule has 0 aliphatic rings. The Morgan fingerprint density at radius 1 is 1.03 bits per heavy atom. The van der Waals surface area contributed by atoms with Crippen LogP contribution >= 0.6 is 0 Å². The summed E-state index contributed by atoms with van der Waals surface area (Å²) in [6.45, 7) is 5.95. The first-order valence-corrected chi connectivity index (χ1v) is 12.7. The maximum atomic E-state index is 12.6. The van der Waals surface area contributed by atoms with E-state index >= 15 is 0 Å². The van der Waals surface area contributed by atoms with Gasteiger partial charge < -0.3 is 20.3 Å². The molecule has 1 unspecified atom stereocenters. The third kappa shape index (κ3) is 11.3. The van der Waals surface area contributed by atoms with Crippen LogP contribution in [0.3, 0.4) is 0 Å². The molecular formula is C25H47N3O5. The monoisotopic (exact) mass is 469 g/mol. The number of rotatable bonds is 19. The van der Waals surface area contributed by atoms with E-state index in [0.29, 0.717) is 38.0 Å². The number of aromatic hydroxyl groups is 1. The molecule has 0 aliphatic carbocycles. The number of imidazole rings is 1. The molecule has 0 radical (unpaired) electrons. The lowest BCUT2D eigenvalue weighted by molar-refractivity contribution is -0.140. The van der Waals surface area contributed by atoms with Gasteiger partial charge in [0.25, 0.3) is 0 Å². The molecule has 0 saturated carbocycles. The van der Waals surface area contributed by atoms with Gasteiger partial charge in [-0.05, 0) is 45.6 Å². The van der Waals surface area contributed by atoms with Crippen molar-refractivity contribution in [3.8, 4) is 5.88 Å². The van der Waals surface area contributed by atoms with Crippen molar-refractivity contribution < 1.29 is 19.7 Å². The summed E-state index contributed by atoms with van der Waals surface area (Å²) in [6, 6.07) is 0. The predicted molar refractivity (Wildman–Crippen MR) is 132 cm³/mol. The highest BCUT2D eigenvalue weighted by molar-refractivity contribution is 5.69. The second-order valence-corrected chi connectivity index (χ2v) is 9.42. The SMILES string of the molecule is CCCCCCC(C)(O)CCn1c(CCCCCCCNCCC(=O)OC)c(O)n(C)c1=O. The molecule has 0 fully saturated rings. The quantitative estimate of drug-likeness (QED) is 0.211. The molecule has 0 bridgehead atoms. The van der Waals surface area contributed by atoms with Gasteiger partial charge in [-0.3, -0.25) is 13.9 Å². The Bertz CT molecular complexity index is 739. The van der Waals surface area contributed by atoms with Crippen LogP contribution < -0.4 is 11.0 Å². The minimum Gasteiger partial charge on any atom is -0.493 e. The lowest BCUT2D eigenvalue weighted by atomic mass is 9.94. The number of methoxy groups -OCH3 is 1. The number of nitrogens with zero attached hydrogens (tertiary/aromatic N) is 2. The molecule has 0 aromatic carbocycles. The van der Waals surface area contributed by atoms with Gasteiger partial charge in [0.2, 0.25) is 5.88 Å². The van der Waals surface area contributed by atoms with E-state index in [9.17, 15) is 19.8 Å². The summed E-state index contributed by atoms with van der Waals surface area (Å²) in [6.07, 6.45) is 11.9. The van der Waals surface area contributed by atoms with E-state index in [1.165, 1.54) is 18.1 Å². The molecule has 1 heterocycles. The fourth-order valence-corrected chi connectivity index (χ4v) is 4.08. The number of carbonyl (C=O) groups excluding carboxylic acids is 1. The van der Waals surface area contributed by atoms with Gasteiger partial charge in [0.1, 0.15) is 0 Å². The van der Waals surface area contributed by atoms with E-state index in [-0.39, 0.29) is 17.5 Å². The van der Waals surface area contributed by atoms with Crippen molar-refractivity contribution >= 4 is 5.97 Å². The number of hydrogen-bond donors (Lipinski definition) is 3. The van der Waals surface area contributed by atoms with Crippen molar-refractivity contribution in [1.82, 2.24) is 14.5 Å². The maximum absolute atomic E-state index is 12.6. The first kappa shape index (κ1) is 29.2. The minimum absolute atomic E-state index is 0.0393. The number of hydrogen-bond acceptors (Lipinski definition) is 6. The fraction of sp³-hybridized carbons (Fsp3) is 0.840. The normalized spacial score (nSPS) is 13.2. The van der Waals surface area contributed by atoms with Crippen molar-refractivity contribution in [2.75, 3.05) is 20.2 Å². The van der Waals surface area contributed by atoms with Crippen molar-refractivity contribution in [1.29, 1.82) is 0 Å². The Kier molecular flexibility index (Phi) is 14.1. The van der Waals surface area contributed by atoms with Crippen molar-refractivity contribution in [3.63, 3.8) is 0 Å². The highest BCUT2D eigenvalue weighted by atomic mass is 16.5. The molecule has 1 aromatic heterocycles. The van der Waals surface area contributed by atoms with E-state index in [2.05, 4.69) is 17.0 Å². The summed E-state index contributed by atoms with van der Waals surface area (Å²) >= 11 is 0. The molecular weight excluding hydrogens is 422 g/mol. The van der Waals surface area contributed by atoms with E-state index in [1.54, 1.807) is 11.6 Å². The first-order valence-electron chi connectivity index (χ1n) is 12.7. The topological polar surface area (TPSA) is 106 Å². The Labute approximate surface area is 199 Å². The number of aromatic nitrogens is 2. The van der Waals surface area contributed by atoms with Crippen LogP contribution in [0.15, 0.2) is 4.79 Å². The zero-order valence-corrected chi connectivity index (χ0v) is 21.3. The fourth-order valence-electron chi connectivity index (χ4n) is 4.08. The number of unbranched alkanes of at least 4 members (excludes halogenated alkanes) is 7. The molecule has 8 heteroatoms. The van der Waals surface area contributed by atoms with Crippen LogP contribution in [-0.4, -0.2) is 51.1 Å². The van der Waals surface area contributed by atoms with E-state index < -0.39 is 5.60 Å². The second kappa shape index (κ2) is 15.9. The summed E-state index contributed by atoms with van der Waals surface area (Å²) in [5.41, 5.74) is -0.350. The van der Waals surface area contributed by atoms with Gasteiger partial charge in [0.05, 0.1) is 24.8 Å². The number of nitrogens with one attached hydrogen (secondary N) is 1. The van der Waals surface area contributed by atoms with Crippen LogP contribution in [0.5, 0.6) is 5.88 Å². The van der Waals surface area contributed by atoms with Crippen LogP contribution in [0.1, 0.15) is 96.6 Å². The molecule has 1 atom stereocenters. The van der Waals surface area contributed by atoms with Crippen molar-refractivity contribution in [3.05, 3.63) is 16.2 Å². The highest BCUT2D eigenvalue weighted by Gasteiger charge is 2.23. The van der Waals surface area contributed by atoms with Crippen LogP contribution in [0.2, 0.25) is 0 Å². The molecule has 192 valence electrons. The Hall–Kier alpha value is -1.80. The number of esters is 1. The van der Waals surface area contributed by atoms with Gasteiger partial charge in [0.15, 0.2) is 0 Å². The Balaban J connectivity index is 2.39. The van der Waals surface area contributed by atoms with Crippen LogP contribution in [-0.2, 0) is 29.5 Å². The summed E-state index contributed by atoms with van der Waals surface area (Å²) in [7, 11) is 2.99. The molecule has 33 heavy (non-hydrogen) atoms. The summed E-state index contributed by atoms with van der Waals surface area (Å²) in [5.74, 6) is -0.155. The van der Waals surface area contributed by atoms with Crippen LogP contribution in [0.4, 0.5) is 0 Å². The average molecular weight is 470 g/mol. The number of carbonyl (C=O) groups is 1. The first-order chi connectivity index (χ1) is 15.7. The van der Waals surface area contributed by atoms with Crippen LogP contribution in [0, 0.1) is 0 Å². The summed E-state index contributed by atoms with van der Waals surface area (Å²) in [5, 5.41) is 24.4. The molecule has 0 saturated heterocycles. The number of ether oxygens (including phenoxy) is 1. The third-order valence-corrected chi connectivity index (χ3v) is 6.36. The Morgan fingerprint density at radius 3 is 2.39 bits per heavy atom. The zero-order chi connectivity index (χ0) is 24.7. The summed E-state index contributed by atoms with van der Waals surface area (Å²) in [4.78, 5) is 23.6. The average Bonchev–Trinajstić information content (AvgIpc) is 2.99. The lowest BCUT2D eigenvalue weighted by Crippen LogP contribution is -2.30. The Morgan fingerprint density at radius 2 is 1.70 bits per heavy atom. The summed E-state index contributed by atoms with van der Waals surface area (Å²) < 4.78 is 7.54. The largest absolute Gasteiger partial charge is 0.493 e. The second-order valence-electron chi connectivity index (χ2n) is 9.42. The molecule has 1 rings (SSSR count). The standard InChI is InChI=1S/C25H47N3O5/c1-5-6-7-12-16-25(2,32)17-20-28-21(23(30)27(3)24(28)31)14-11-9-8-10-13-18-26-19-15-22(29)33-4/h26,30,32H,5-20H2,1-4H3. The van der Waals surface area contributed by atoms with E-state index in [0.717, 1.165) is 64.3 Å². The third-order valence-electron chi connectivity index (χ3n) is 6.36. The van der Waals surface area contributed by atoms with Gasteiger partial charge in [-0.2, -0.15) is 0 Å². The van der Waals surface area contributed by atoms with E-state index in [1.807, 2.05) is 6.92 Å². The molecule has 0 aliphatic heterocycles. The van der Waals surface area contributed by atoms with Crippen LogP contribution in [0.25, 0.3) is 0 Å². The zero-order valence-electron chi connectivity index (χ0n) is 21.3. The van der Waals surface area contributed by atoms with E-state index in [4.69, 9.17) is 0 Å². The molecule has 0 amide bonds. The van der Waals surface area contributed by atoms with Gasteiger partial charge >= 0.3 is 11.7 Å². The minimum atomic E-state index is -0.805. The van der Waals surface area contributed by atoms with Gasteiger partial charge in [-0.15, -0.1) is 0 Å². The van der Waals surface area contributed by atoms with Gasteiger partial charge in [-0.1, -0.05) is 51.9 Å². The maximum Gasteiger partial charge on any atom is 0.331 e.